The molecule has 0 saturated carbocycles. The third-order valence-corrected chi connectivity index (χ3v) is 2.61. The minimum Gasteiger partial charge on any atom is -0.447 e. The van der Waals surface area contributed by atoms with Crippen molar-refractivity contribution in [2.75, 3.05) is 6.54 Å². The fourth-order valence-corrected chi connectivity index (χ4v) is 1.68. The molecule has 20 heavy (non-hydrogen) atoms. The summed E-state index contributed by atoms with van der Waals surface area (Å²) in [7, 11) is 0. The van der Waals surface area contributed by atoms with E-state index >= 15 is 0 Å². The van der Waals surface area contributed by atoms with Crippen LogP contribution in [0.15, 0.2) is 0 Å². The fourth-order valence-electron chi connectivity index (χ4n) is 1.68. The van der Waals surface area contributed by atoms with Gasteiger partial charge in [-0.15, -0.1) is 0 Å². The number of alkyl carbamates (subject to hydrolysis) is 1. The summed E-state index contributed by atoms with van der Waals surface area (Å²) in [6.07, 6.45) is 0.116. The van der Waals surface area contributed by atoms with Crippen LogP contribution in [0.25, 0.3) is 0 Å². The predicted octanol–water partition coefficient (Wildman–Crippen LogP) is 1.63. The Labute approximate surface area is 120 Å². The van der Waals surface area contributed by atoms with Gasteiger partial charge in [-0.05, 0) is 33.1 Å². The van der Waals surface area contributed by atoms with E-state index in [1.807, 2.05) is 13.8 Å². The highest BCUT2D eigenvalue weighted by molar-refractivity contribution is 5.87. The van der Waals surface area contributed by atoms with E-state index in [2.05, 4.69) is 10.6 Å². The van der Waals surface area contributed by atoms with E-state index in [1.54, 1.807) is 13.8 Å². The second-order valence-corrected chi connectivity index (χ2v) is 5.38. The highest BCUT2D eigenvalue weighted by atomic mass is 16.6. The predicted molar refractivity (Wildman–Crippen MR) is 76.3 cm³/mol. The Morgan fingerprint density at radius 3 is 2.15 bits per heavy atom. The SMILES string of the molecule is CC(=O)C(NC(=O)CCCNC(=O)OC(C)C)C(C)C. The molecule has 0 fully saturated rings. The van der Waals surface area contributed by atoms with Crippen LogP contribution in [-0.4, -0.2) is 36.5 Å². The molecule has 0 bridgehead atoms. The number of nitrogens with one attached hydrogen (secondary N) is 2. The number of amides is 2. The van der Waals surface area contributed by atoms with Crippen molar-refractivity contribution >= 4 is 17.8 Å². The largest absolute Gasteiger partial charge is 0.447 e. The van der Waals surface area contributed by atoms with E-state index in [-0.39, 0.29) is 30.1 Å². The van der Waals surface area contributed by atoms with Crippen molar-refractivity contribution in [2.24, 2.45) is 5.92 Å². The Morgan fingerprint density at radius 1 is 1.10 bits per heavy atom. The van der Waals surface area contributed by atoms with Gasteiger partial charge in [0.25, 0.3) is 0 Å². The van der Waals surface area contributed by atoms with Crippen molar-refractivity contribution in [3.05, 3.63) is 0 Å². The number of carbonyl (C=O) groups is 3. The Kier molecular flexibility index (Phi) is 8.59. The molecule has 6 heteroatoms. The number of hydrogen-bond donors (Lipinski definition) is 2. The van der Waals surface area contributed by atoms with E-state index in [4.69, 9.17) is 4.74 Å². The van der Waals surface area contributed by atoms with Crippen LogP contribution in [0.4, 0.5) is 4.79 Å². The summed E-state index contributed by atoms with van der Waals surface area (Å²) in [4.78, 5) is 34.2. The van der Waals surface area contributed by atoms with E-state index in [1.165, 1.54) is 6.92 Å². The number of ketones is 1. The van der Waals surface area contributed by atoms with Crippen LogP contribution < -0.4 is 10.6 Å². The molecule has 0 aromatic heterocycles. The molecular formula is C14H26N2O4. The first-order valence-electron chi connectivity index (χ1n) is 6.98. The highest BCUT2D eigenvalue weighted by Crippen LogP contribution is 2.03. The standard InChI is InChI=1S/C14H26N2O4/c1-9(2)13(11(5)17)16-12(18)7-6-8-15-14(19)20-10(3)4/h9-10,13H,6-8H2,1-5H3,(H,15,19)(H,16,18). The normalized spacial score (nSPS) is 12.2. The van der Waals surface area contributed by atoms with Gasteiger partial charge in [-0.25, -0.2) is 4.79 Å². The number of hydrogen-bond acceptors (Lipinski definition) is 4. The monoisotopic (exact) mass is 286 g/mol. The molecule has 0 rings (SSSR count). The zero-order valence-corrected chi connectivity index (χ0v) is 13.0. The van der Waals surface area contributed by atoms with E-state index in [0.29, 0.717) is 13.0 Å². The van der Waals surface area contributed by atoms with Crippen molar-refractivity contribution in [1.29, 1.82) is 0 Å². The second kappa shape index (κ2) is 9.34. The first-order valence-corrected chi connectivity index (χ1v) is 6.98. The lowest BCUT2D eigenvalue weighted by Gasteiger charge is -2.19. The minimum absolute atomic E-state index is 0.0491. The fraction of sp³-hybridized carbons (Fsp3) is 0.786. The van der Waals surface area contributed by atoms with Gasteiger partial charge < -0.3 is 15.4 Å². The molecule has 1 unspecified atom stereocenters. The number of Topliss-reactive ketones (excluding diaryl/α,β-unsaturated/α-hetero) is 1. The average Bonchev–Trinajstić information content (AvgIpc) is 2.30. The summed E-state index contributed by atoms with van der Waals surface area (Å²) in [5.41, 5.74) is 0. The lowest BCUT2D eigenvalue weighted by Crippen LogP contribution is -2.43. The van der Waals surface area contributed by atoms with Crippen molar-refractivity contribution in [2.45, 2.75) is 59.6 Å². The van der Waals surface area contributed by atoms with Crippen LogP contribution in [0.3, 0.4) is 0 Å². The van der Waals surface area contributed by atoms with Crippen LogP contribution in [0.2, 0.25) is 0 Å². The molecule has 0 saturated heterocycles. The van der Waals surface area contributed by atoms with E-state index in [0.717, 1.165) is 0 Å². The second-order valence-electron chi connectivity index (χ2n) is 5.38. The summed E-state index contributed by atoms with van der Waals surface area (Å²) >= 11 is 0. The molecule has 1 atom stereocenters. The summed E-state index contributed by atoms with van der Waals surface area (Å²) in [5.74, 6) is -0.166. The van der Waals surface area contributed by atoms with Crippen LogP contribution >= 0.6 is 0 Å². The lowest BCUT2D eigenvalue weighted by atomic mass is 10.0. The van der Waals surface area contributed by atoms with Gasteiger partial charge in [-0.2, -0.15) is 0 Å². The average molecular weight is 286 g/mol. The smallest absolute Gasteiger partial charge is 0.407 e. The summed E-state index contributed by atoms with van der Waals surface area (Å²) in [6.45, 7) is 9.13. The zero-order chi connectivity index (χ0) is 15.7. The molecule has 0 aliphatic rings. The molecule has 2 N–H and O–H groups in total. The number of ether oxygens (including phenoxy) is 1. The third kappa shape index (κ3) is 8.50. The van der Waals surface area contributed by atoms with Crippen molar-refractivity contribution in [3.63, 3.8) is 0 Å². The summed E-state index contributed by atoms with van der Waals surface area (Å²) in [6, 6.07) is -0.443. The van der Waals surface area contributed by atoms with Gasteiger partial charge in [0.1, 0.15) is 0 Å². The first kappa shape index (κ1) is 18.4. The number of rotatable bonds is 8. The van der Waals surface area contributed by atoms with Gasteiger partial charge in [0.05, 0.1) is 12.1 Å². The quantitative estimate of drug-likeness (QED) is 0.664. The molecule has 0 aliphatic carbocycles. The Bertz CT molecular complexity index is 340. The molecule has 0 radical (unpaired) electrons. The van der Waals surface area contributed by atoms with Gasteiger partial charge in [-0.1, -0.05) is 13.8 Å². The Hall–Kier alpha value is -1.59. The van der Waals surface area contributed by atoms with Crippen LogP contribution in [0.5, 0.6) is 0 Å². The maximum absolute atomic E-state index is 11.7. The highest BCUT2D eigenvalue weighted by Gasteiger charge is 2.20. The molecule has 6 nitrogen and oxygen atoms in total. The first-order chi connectivity index (χ1) is 9.23. The van der Waals surface area contributed by atoms with Crippen LogP contribution in [0.1, 0.15) is 47.5 Å². The summed E-state index contributed by atoms with van der Waals surface area (Å²) < 4.78 is 4.89. The molecule has 0 aromatic rings. The van der Waals surface area contributed by atoms with Gasteiger partial charge in [0, 0.05) is 13.0 Å². The van der Waals surface area contributed by atoms with Crippen molar-refractivity contribution < 1.29 is 19.1 Å². The Balaban J connectivity index is 3.89. The summed E-state index contributed by atoms with van der Waals surface area (Å²) in [5, 5.41) is 5.26. The maximum atomic E-state index is 11.7. The topological polar surface area (TPSA) is 84.5 Å². The molecule has 0 aliphatic heterocycles. The number of carbonyl (C=O) groups excluding carboxylic acids is 3. The van der Waals surface area contributed by atoms with Crippen molar-refractivity contribution in [3.8, 4) is 0 Å². The minimum atomic E-state index is -0.482. The van der Waals surface area contributed by atoms with E-state index < -0.39 is 12.1 Å². The zero-order valence-electron chi connectivity index (χ0n) is 13.0. The van der Waals surface area contributed by atoms with E-state index in [9.17, 15) is 14.4 Å². The lowest BCUT2D eigenvalue weighted by molar-refractivity contribution is -0.127. The molecule has 0 heterocycles. The van der Waals surface area contributed by atoms with Gasteiger partial charge in [0.2, 0.25) is 5.91 Å². The molecule has 0 spiro atoms. The molecule has 116 valence electrons. The molecule has 0 aromatic carbocycles. The molecule has 2 amide bonds. The molecular weight excluding hydrogens is 260 g/mol. The van der Waals surface area contributed by atoms with Crippen LogP contribution in [0, 0.1) is 5.92 Å². The van der Waals surface area contributed by atoms with Crippen molar-refractivity contribution in [1.82, 2.24) is 10.6 Å². The van der Waals surface area contributed by atoms with Gasteiger partial charge >= 0.3 is 6.09 Å². The third-order valence-electron chi connectivity index (χ3n) is 2.61. The van der Waals surface area contributed by atoms with Gasteiger partial charge in [-0.3, -0.25) is 9.59 Å². The maximum Gasteiger partial charge on any atom is 0.407 e. The van der Waals surface area contributed by atoms with Crippen LogP contribution in [-0.2, 0) is 14.3 Å². The van der Waals surface area contributed by atoms with Gasteiger partial charge in [0.15, 0.2) is 5.78 Å². The Morgan fingerprint density at radius 2 is 1.70 bits per heavy atom.